The molecule has 0 saturated carbocycles. The van der Waals surface area contributed by atoms with E-state index in [0.717, 1.165) is 0 Å². The van der Waals surface area contributed by atoms with Crippen molar-refractivity contribution in [1.82, 2.24) is 0 Å². The Kier molecular flexibility index (Phi) is 55.1. The second-order valence-electron chi connectivity index (χ2n) is 3.05. The van der Waals surface area contributed by atoms with Crippen molar-refractivity contribution in [2.24, 2.45) is 0 Å². The van der Waals surface area contributed by atoms with Gasteiger partial charge in [0.15, 0.2) is 0 Å². The number of carbonyl (C=O) groups is 10. The quantitative estimate of drug-likeness (QED) is 0.0953. The molecule has 0 aliphatic rings. The van der Waals surface area contributed by atoms with E-state index < -0.39 is 59.7 Å². The Balaban J connectivity index is -0.0000000231. The van der Waals surface area contributed by atoms with Crippen LogP contribution in [0.5, 0.6) is 0 Å². The zero-order valence-electron chi connectivity index (χ0n) is 19.6. The first-order chi connectivity index (χ1) is 13.2. The molecule has 0 spiro atoms. The number of carboxylic acids is 10. The summed E-state index contributed by atoms with van der Waals surface area (Å²) in [5.74, 6) is -18.2. The first kappa shape index (κ1) is 53.8. The van der Waals surface area contributed by atoms with Crippen molar-refractivity contribution in [2.45, 2.75) is 0 Å². The van der Waals surface area contributed by atoms with Crippen molar-refractivity contribution < 1.29 is 257 Å². The van der Waals surface area contributed by atoms with Gasteiger partial charge in [-0.05, 0) is 0 Å². The van der Waals surface area contributed by atoms with E-state index in [2.05, 4.69) is 0 Å². The third-order valence-corrected chi connectivity index (χ3v) is 0.915. The smallest absolute Gasteiger partial charge is 1.00 e. The third-order valence-electron chi connectivity index (χ3n) is 0.915. The average Bonchev–Trinajstić information content (AvgIpc) is 2.56. The van der Waals surface area contributed by atoms with Gasteiger partial charge in [0.25, 0.3) is 0 Å². The van der Waals surface area contributed by atoms with Gasteiger partial charge in [-0.1, -0.05) is 0 Å². The van der Waals surface area contributed by atoms with E-state index in [9.17, 15) is 0 Å². The average molecular weight is 570 g/mol. The molecule has 0 rings (SSSR count). The van der Waals surface area contributed by atoms with Crippen molar-refractivity contribution in [3.63, 3.8) is 0 Å². The summed E-state index contributed by atoms with van der Waals surface area (Å²) in [6.07, 6.45) is 0. The molecule has 0 aromatic heterocycles. The van der Waals surface area contributed by atoms with E-state index >= 15 is 0 Å². The summed E-state index contributed by atoms with van der Waals surface area (Å²) in [5, 5.41) is 73.9. The van der Waals surface area contributed by atoms with Crippen LogP contribution in [0.25, 0.3) is 0 Å². The Morgan fingerprint density at radius 2 is 0.273 bits per heavy atom. The van der Waals surface area contributed by atoms with Gasteiger partial charge in [-0.2, -0.15) is 0 Å². The molecular formula is C10H13K3O20. The number of rotatable bonds is 0. The minimum Gasteiger partial charge on any atom is -1.00 e. The number of hydrogen-bond donors (Lipinski definition) is 10. The van der Waals surface area contributed by atoms with Crippen molar-refractivity contribution >= 4 is 59.7 Å². The molecule has 0 atom stereocenters. The number of aliphatic carboxylic acids is 10. The van der Waals surface area contributed by atoms with Gasteiger partial charge in [-0.25, -0.2) is 47.9 Å². The van der Waals surface area contributed by atoms with Gasteiger partial charge in [0.1, 0.15) is 0 Å². The summed E-state index contributed by atoms with van der Waals surface area (Å²) in [7, 11) is 0. The van der Waals surface area contributed by atoms with Crippen LogP contribution in [0.3, 0.4) is 0 Å². The maximum absolute atomic E-state index is 9.10. The molecule has 0 bridgehead atoms. The van der Waals surface area contributed by atoms with Crippen LogP contribution >= 0.6 is 0 Å². The van der Waals surface area contributed by atoms with E-state index in [4.69, 9.17) is 99.0 Å². The van der Waals surface area contributed by atoms with Gasteiger partial charge < -0.3 is 55.3 Å². The zero-order chi connectivity index (χ0) is 25.8. The molecule has 0 radical (unpaired) electrons. The maximum Gasteiger partial charge on any atom is 1.00 e. The fourth-order valence-electron chi connectivity index (χ4n) is 0. The van der Waals surface area contributed by atoms with E-state index in [0.29, 0.717) is 0 Å². The van der Waals surface area contributed by atoms with Crippen molar-refractivity contribution in [3.05, 3.63) is 0 Å². The predicted molar refractivity (Wildman–Crippen MR) is 79.7 cm³/mol. The van der Waals surface area contributed by atoms with Crippen molar-refractivity contribution in [2.75, 3.05) is 0 Å². The van der Waals surface area contributed by atoms with Crippen molar-refractivity contribution in [3.8, 4) is 0 Å². The predicted octanol–water partition coefficient (Wildman–Crippen LogP) is -12.9. The fourth-order valence-corrected chi connectivity index (χ4v) is 0. The molecule has 176 valence electrons. The summed E-state index contributed by atoms with van der Waals surface area (Å²) in [4.78, 5) is 91.0. The van der Waals surface area contributed by atoms with Crippen LogP contribution in [0.4, 0.5) is 0 Å². The van der Waals surface area contributed by atoms with Gasteiger partial charge in [-0.3, -0.25) is 0 Å². The summed E-state index contributed by atoms with van der Waals surface area (Å²) in [5.41, 5.74) is 0. The molecule has 0 unspecified atom stereocenters. The summed E-state index contributed by atoms with van der Waals surface area (Å²) < 4.78 is 0. The standard InChI is InChI=1S/5C2H2O4.3K.3H/c5*3-1(4)2(5)6;;;;;;/h5*(H,3,4)(H,5,6);;;;;;/q;;;;;3*+1;3*-1. The van der Waals surface area contributed by atoms with Crippen LogP contribution in [-0.4, -0.2) is 111 Å². The molecule has 0 fully saturated rings. The van der Waals surface area contributed by atoms with Crippen LogP contribution < -0.4 is 154 Å². The van der Waals surface area contributed by atoms with Gasteiger partial charge in [-0.15, -0.1) is 0 Å². The largest absolute Gasteiger partial charge is 1.00 e. The van der Waals surface area contributed by atoms with E-state index in [1.807, 2.05) is 0 Å². The normalized spacial score (nSPS) is 6.67. The Bertz CT molecular complexity index is 526. The SMILES string of the molecule is O=C(O)C(=O)O.O=C(O)C(=O)O.O=C(O)C(=O)O.O=C(O)C(=O)O.O=C(O)C(=O)O.[H-].[H-].[H-].[K+].[K+].[K+]. The molecule has 0 aromatic rings. The summed E-state index contributed by atoms with van der Waals surface area (Å²) in [6.45, 7) is 0. The second kappa shape index (κ2) is 33.8. The molecule has 0 saturated heterocycles. The summed E-state index contributed by atoms with van der Waals surface area (Å²) >= 11 is 0. The van der Waals surface area contributed by atoms with Gasteiger partial charge in [0.05, 0.1) is 0 Å². The second-order valence-corrected chi connectivity index (χ2v) is 3.05. The Hall–Kier alpha value is -0.391. The molecule has 33 heavy (non-hydrogen) atoms. The molecular weight excluding hydrogens is 557 g/mol. The van der Waals surface area contributed by atoms with Gasteiger partial charge in [0, 0.05) is 0 Å². The minimum absolute atomic E-state index is 0. The number of hydrogen-bond acceptors (Lipinski definition) is 10. The molecule has 0 aliphatic heterocycles. The van der Waals surface area contributed by atoms with Crippen LogP contribution in [0.2, 0.25) is 0 Å². The van der Waals surface area contributed by atoms with Crippen LogP contribution in [0.15, 0.2) is 0 Å². The van der Waals surface area contributed by atoms with Crippen LogP contribution in [0, 0.1) is 0 Å². The summed E-state index contributed by atoms with van der Waals surface area (Å²) in [6, 6.07) is 0. The first-order valence-corrected chi connectivity index (χ1v) is 5.53. The van der Waals surface area contributed by atoms with Gasteiger partial charge in [0.2, 0.25) is 0 Å². The third kappa shape index (κ3) is 72.1. The maximum atomic E-state index is 9.10. The Labute approximate surface area is 311 Å². The molecule has 0 aliphatic carbocycles. The van der Waals surface area contributed by atoms with Gasteiger partial charge >= 0.3 is 214 Å². The first-order valence-electron chi connectivity index (χ1n) is 5.53. The van der Waals surface area contributed by atoms with E-state index in [1.54, 1.807) is 0 Å². The van der Waals surface area contributed by atoms with E-state index in [-0.39, 0.29) is 158 Å². The fraction of sp³-hybridized carbons (Fsp3) is 0. The zero-order valence-corrected chi connectivity index (χ0v) is 25.9. The van der Waals surface area contributed by atoms with Crippen LogP contribution in [0.1, 0.15) is 4.28 Å². The minimum atomic E-state index is -1.82. The monoisotopic (exact) mass is 570 g/mol. The Morgan fingerprint density at radius 3 is 0.273 bits per heavy atom. The molecule has 0 aromatic carbocycles. The topological polar surface area (TPSA) is 373 Å². The molecule has 23 heteroatoms. The van der Waals surface area contributed by atoms with Crippen molar-refractivity contribution in [1.29, 1.82) is 0 Å². The molecule has 0 heterocycles. The van der Waals surface area contributed by atoms with Crippen LogP contribution in [-0.2, 0) is 47.9 Å². The molecule has 20 nitrogen and oxygen atoms in total. The number of carboxylic acid groups (broad SMARTS) is 10. The van der Waals surface area contributed by atoms with E-state index in [1.165, 1.54) is 0 Å². The molecule has 0 amide bonds. The molecule has 10 N–H and O–H groups in total. The Morgan fingerprint density at radius 1 is 0.242 bits per heavy atom.